The largest absolute Gasteiger partial charge is 0.495 e. The molecule has 2 aromatic rings. The molecule has 0 aromatic heterocycles. The standard InChI is InChI=1S/C19H20ClN3O4/c1-13(14-6-4-3-5-7-14)22-19(25)12-27-21-11-18(24)23-16-10-15(20)8-9-17(16)26-2/h3-11,13H,12H2,1-2H3,(H,22,25)(H,23,24)/b21-11-/t13-/m1/s1. The van der Waals surface area contributed by atoms with Crippen LogP contribution in [0.1, 0.15) is 18.5 Å². The lowest BCUT2D eigenvalue weighted by molar-refractivity contribution is -0.126. The zero-order valence-electron chi connectivity index (χ0n) is 14.9. The minimum Gasteiger partial charge on any atom is -0.495 e. The number of amides is 2. The molecule has 0 fully saturated rings. The Morgan fingerprint density at radius 2 is 1.96 bits per heavy atom. The maximum Gasteiger partial charge on any atom is 0.270 e. The van der Waals surface area contributed by atoms with Crippen LogP contribution in [0.2, 0.25) is 5.02 Å². The first-order valence-electron chi connectivity index (χ1n) is 8.13. The molecule has 0 saturated carbocycles. The Kier molecular flexibility index (Phi) is 7.63. The summed E-state index contributed by atoms with van der Waals surface area (Å²) in [6.07, 6.45) is 0.925. The molecule has 7 nitrogen and oxygen atoms in total. The van der Waals surface area contributed by atoms with Gasteiger partial charge in [-0.15, -0.1) is 0 Å². The van der Waals surface area contributed by atoms with Gasteiger partial charge in [0, 0.05) is 5.02 Å². The van der Waals surface area contributed by atoms with Gasteiger partial charge in [-0.1, -0.05) is 47.1 Å². The highest BCUT2D eigenvalue weighted by Crippen LogP contribution is 2.27. The van der Waals surface area contributed by atoms with Gasteiger partial charge in [0.2, 0.25) is 0 Å². The predicted octanol–water partition coefficient (Wildman–Crippen LogP) is 3.17. The highest BCUT2D eigenvalue weighted by Gasteiger charge is 2.10. The van der Waals surface area contributed by atoms with Gasteiger partial charge in [-0.25, -0.2) is 0 Å². The maximum atomic E-state index is 11.9. The van der Waals surface area contributed by atoms with Crippen LogP contribution in [-0.4, -0.2) is 31.7 Å². The summed E-state index contributed by atoms with van der Waals surface area (Å²) in [7, 11) is 1.48. The summed E-state index contributed by atoms with van der Waals surface area (Å²) >= 11 is 5.89. The van der Waals surface area contributed by atoms with E-state index in [-0.39, 0.29) is 18.6 Å². The summed E-state index contributed by atoms with van der Waals surface area (Å²) in [5.41, 5.74) is 1.38. The number of benzene rings is 2. The van der Waals surface area contributed by atoms with Crippen molar-refractivity contribution in [2.45, 2.75) is 13.0 Å². The molecular weight excluding hydrogens is 370 g/mol. The molecule has 0 spiro atoms. The lowest BCUT2D eigenvalue weighted by Crippen LogP contribution is -2.29. The number of nitrogens with one attached hydrogen (secondary N) is 2. The van der Waals surface area contributed by atoms with E-state index in [4.69, 9.17) is 21.2 Å². The van der Waals surface area contributed by atoms with E-state index < -0.39 is 5.91 Å². The van der Waals surface area contributed by atoms with E-state index >= 15 is 0 Å². The second-order valence-electron chi connectivity index (χ2n) is 5.54. The molecule has 142 valence electrons. The minimum absolute atomic E-state index is 0.162. The number of carbonyl (C=O) groups excluding carboxylic acids is 2. The lowest BCUT2D eigenvalue weighted by Gasteiger charge is -2.13. The fourth-order valence-corrected chi connectivity index (χ4v) is 2.40. The van der Waals surface area contributed by atoms with Crippen molar-refractivity contribution in [3.63, 3.8) is 0 Å². The van der Waals surface area contributed by atoms with Crippen LogP contribution in [0.3, 0.4) is 0 Å². The Labute approximate surface area is 162 Å². The van der Waals surface area contributed by atoms with Crippen LogP contribution in [0.5, 0.6) is 5.75 Å². The number of methoxy groups -OCH3 is 1. The predicted molar refractivity (Wildman–Crippen MR) is 104 cm³/mol. The van der Waals surface area contributed by atoms with Gasteiger partial charge in [0.15, 0.2) is 6.61 Å². The number of hydrogen-bond acceptors (Lipinski definition) is 5. The summed E-state index contributed by atoms with van der Waals surface area (Å²) in [4.78, 5) is 28.6. The van der Waals surface area contributed by atoms with Crippen LogP contribution in [0, 0.1) is 0 Å². The van der Waals surface area contributed by atoms with Crippen LogP contribution >= 0.6 is 11.6 Å². The lowest BCUT2D eigenvalue weighted by atomic mass is 10.1. The Hall–Kier alpha value is -3.06. The smallest absolute Gasteiger partial charge is 0.270 e. The highest BCUT2D eigenvalue weighted by atomic mass is 35.5. The normalized spacial score (nSPS) is 11.7. The number of rotatable bonds is 8. The first-order valence-corrected chi connectivity index (χ1v) is 8.51. The second kappa shape index (κ2) is 10.2. The van der Waals surface area contributed by atoms with E-state index in [1.165, 1.54) is 7.11 Å². The number of hydrogen-bond donors (Lipinski definition) is 2. The fraction of sp³-hybridized carbons (Fsp3) is 0.211. The summed E-state index contributed by atoms with van der Waals surface area (Å²) in [5, 5.41) is 9.28. The number of ether oxygens (including phenoxy) is 1. The second-order valence-corrected chi connectivity index (χ2v) is 5.98. The number of anilines is 1. The quantitative estimate of drug-likeness (QED) is 0.536. The number of nitrogens with zero attached hydrogens (tertiary/aromatic N) is 1. The van der Waals surface area contributed by atoms with Gasteiger partial charge in [-0.3, -0.25) is 9.59 Å². The van der Waals surface area contributed by atoms with Crippen molar-refractivity contribution in [2.75, 3.05) is 19.0 Å². The summed E-state index contributed by atoms with van der Waals surface area (Å²) < 4.78 is 5.13. The minimum atomic E-state index is -0.548. The van der Waals surface area contributed by atoms with Crippen molar-refractivity contribution >= 4 is 35.3 Å². The van der Waals surface area contributed by atoms with Crippen molar-refractivity contribution in [3.8, 4) is 5.75 Å². The Bertz CT molecular complexity index is 812. The fourth-order valence-electron chi connectivity index (χ4n) is 2.23. The Morgan fingerprint density at radius 1 is 1.22 bits per heavy atom. The monoisotopic (exact) mass is 389 g/mol. The molecule has 0 bridgehead atoms. The summed E-state index contributed by atoms with van der Waals surface area (Å²) in [5.74, 6) is -0.439. The number of halogens is 1. The van der Waals surface area contributed by atoms with E-state index in [1.54, 1.807) is 18.2 Å². The molecule has 0 heterocycles. The van der Waals surface area contributed by atoms with Crippen molar-refractivity contribution < 1.29 is 19.2 Å². The Morgan fingerprint density at radius 3 is 2.67 bits per heavy atom. The first-order chi connectivity index (χ1) is 13.0. The SMILES string of the molecule is COc1ccc(Cl)cc1NC(=O)/C=N\OCC(=O)N[C@H](C)c1ccccc1. The molecule has 0 unspecified atom stereocenters. The van der Waals surface area contributed by atoms with Crippen LogP contribution < -0.4 is 15.4 Å². The third-order valence-electron chi connectivity index (χ3n) is 3.54. The van der Waals surface area contributed by atoms with Gasteiger partial charge >= 0.3 is 0 Å². The molecule has 0 saturated heterocycles. The third kappa shape index (κ3) is 6.63. The van der Waals surface area contributed by atoms with E-state index in [2.05, 4.69) is 15.8 Å². The van der Waals surface area contributed by atoms with Crippen LogP contribution in [0.25, 0.3) is 0 Å². The average Bonchev–Trinajstić information content (AvgIpc) is 2.66. The van der Waals surface area contributed by atoms with Crippen LogP contribution in [0.4, 0.5) is 5.69 Å². The molecule has 0 aliphatic rings. The van der Waals surface area contributed by atoms with Gasteiger partial charge in [0.25, 0.3) is 11.8 Å². The summed E-state index contributed by atoms with van der Waals surface area (Å²) in [6.45, 7) is 1.56. The zero-order chi connectivity index (χ0) is 19.6. The Balaban J connectivity index is 1.77. The molecule has 0 radical (unpaired) electrons. The van der Waals surface area contributed by atoms with Gasteiger partial charge in [0.05, 0.1) is 18.8 Å². The van der Waals surface area contributed by atoms with E-state index in [0.717, 1.165) is 11.8 Å². The zero-order valence-corrected chi connectivity index (χ0v) is 15.7. The number of oxime groups is 1. The third-order valence-corrected chi connectivity index (χ3v) is 3.77. The van der Waals surface area contributed by atoms with E-state index in [1.807, 2.05) is 37.3 Å². The van der Waals surface area contributed by atoms with Crippen molar-refractivity contribution in [1.82, 2.24) is 5.32 Å². The van der Waals surface area contributed by atoms with Crippen molar-refractivity contribution in [2.24, 2.45) is 5.16 Å². The first kappa shape index (κ1) is 20.3. The molecule has 27 heavy (non-hydrogen) atoms. The van der Waals surface area contributed by atoms with Gasteiger partial charge in [-0.05, 0) is 30.7 Å². The molecule has 0 aliphatic carbocycles. The van der Waals surface area contributed by atoms with Crippen LogP contribution in [-0.2, 0) is 14.4 Å². The molecule has 8 heteroatoms. The number of carbonyl (C=O) groups is 2. The molecule has 2 aromatic carbocycles. The van der Waals surface area contributed by atoms with Crippen molar-refractivity contribution in [1.29, 1.82) is 0 Å². The van der Waals surface area contributed by atoms with Gasteiger partial charge in [0.1, 0.15) is 12.0 Å². The summed E-state index contributed by atoms with van der Waals surface area (Å²) in [6, 6.07) is 14.2. The van der Waals surface area contributed by atoms with Gasteiger partial charge in [-0.2, -0.15) is 0 Å². The average molecular weight is 390 g/mol. The molecule has 0 aliphatic heterocycles. The molecule has 1 atom stereocenters. The highest BCUT2D eigenvalue weighted by molar-refractivity contribution is 6.33. The van der Waals surface area contributed by atoms with E-state index in [0.29, 0.717) is 16.5 Å². The van der Waals surface area contributed by atoms with E-state index in [9.17, 15) is 9.59 Å². The van der Waals surface area contributed by atoms with Gasteiger partial charge < -0.3 is 20.2 Å². The maximum absolute atomic E-state index is 11.9. The molecular formula is C19H20ClN3O4. The molecule has 2 rings (SSSR count). The molecule has 2 amide bonds. The topological polar surface area (TPSA) is 89.0 Å². The van der Waals surface area contributed by atoms with Crippen molar-refractivity contribution in [3.05, 3.63) is 59.1 Å². The van der Waals surface area contributed by atoms with Crippen LogP contribution in [0.15, 0.2) is 53.7 Å². The molecule has 2 N–H and O–H groups in total.